The van der Waals surface area contributed by atoms with Crippen LogP contribution in [-0.4, -0.2) is 64.0 Å². The normalized spacial score (nSPS) is 21.9. The summed E-state index contributed by atoms with van der Waals surface area (Å²) in [6.07, 6.45) is 11.2. The number of nitrogens with one attached hydrogen (secondary N) is 3. The third-order valence-corrected chi connectivity index (χ3v) is 10.7. The van der Waals surface area contributed by atoms with Crippen molar-refractivity contribution in [2.75, 3.05) is 19.7 Å². The number of carbonyl (C=O) groups excluding carboxylic acids is 1. The fraction of sp³-hybridized carbons (Fsp3) is 0.381. The molecule has 0 fully saturated rings. The molecular formula is C42H50N4O9. The zero-order valence-electron chi connectivity index (χ0n) is 31.5. The highest BCUT2D eigenvalue weighted by Gasteiger charge is 2.48. The molecule has 0 saturated carbocycles. The Morgan fingerprint density at radius 2 is 2.04 bits per heavy atom. The van der Waals surface area contributed by atoms with Gasteiger partial charge in [-0.1, -0.05) is 37.3 Å². The number of fused-ring (bicyclic) bond motifs is 2. The Balaban J connectivity index is 1.60. The monoisotopic (exact) mass is 754 g/mol. The van der Waals surface area contributed by atoms with E-state index in [9.17, 15) is 30.0 Å². The molecule has 4 heterocycles. The molecule has 6 rings (SSSR count). The minimum absolute atomic E-state index is 0.00718. The Morgan fingerprint density at radius 1 is 1.24 bits per heavy atom. The first-order valence-corrected chi connectivity index (χ1v) is 18.6. The van der Waals surface area contributed by atoms with Crippen molar-refractivity contribution in [3.63, 3.8) is 0 Å². The Bertz CT molecular complexity index is 2170. The molecule has 0 spiro atoms. The number of phenols is 2. The zero-order valence-corrected chi connectivity index (χ0v) is 31.5. The summed E-state index contributed by atoms with van der Waals surface area (Å²) in [6, 6.07) is 7.64. The molecule has 0 amide bonds. The van der Waals surface area contributed by atoms with Crippen LogP contribution in [0, 0.1) is 0 Å². The van der Waals surface area contributed by atoms with Crippen molar-refractivity contribution in [2.45, 2.75) is 83.3 Å². The molecule has 9 N–H and O–H groups in total. The number of allylic oxidation sites excluding steroid dienone is 5. The molecule has 1 aromatic heterocycles. The van der Waals surface area contributed by atoms with Crippen LogP contribution in [0.15, 0.2) is 98.7 Å². The van der Waals surface area contributed by atoms with E-state index in [1.807, 2.05) is 38.3 Å². The lowest BCUT2D eigenvalue weighted by molar-refractivity contribution is -0.158. The minimum Gasteiger partial charge on any atom is -0.508 e. The second-order valence-corrected chi connectivity index (χ2v) is 14.3. The fourth-order valence-corrected chi connectivity index (χ4v) is 7.53. The number of carbonyl (C=O) groups is 1. The molecule has 3 aromatic rings. The first-order chi connectivity index (χ1) is 26.4. The highest BCUT2D eigenvalue weighted by atomic mass is 16.6. The molecule has 2 aromatic carbocycles. The topological polar surface area (TPSA) is 209 Å². The number of likely N-dealkylation sites (N-methyl/N-ethyl adjacent to an activating group) is 1. The van der Waals surface area contributed by atoms with Crippen LogP contribution in [0.25, 0.3) is 11.0 Å². The summed E-state index contributed by atoms with van der Waals surface area (Å²) in [6.45, 7) is 7.39. The molecule has 13 nitrogen and oxygen atoms in total. The predicted molar refractivity (Wildman–Crippen MR) is 208 cm³/mol. The molecule has 3 aliphatic rings. The number of hydrogen-bond acceptors (Lipinski definition) is 13. The molecule has 292 valence electrons. The summed E-state index contributed by atoms with van der Waals surface area (Å²) >= 11 is 0. The summed E-state index contributed by atoms with van der Waals surface area (Å²) in [5.41, 5.74) is 7.62. The van der Waals surface area contributed by atoms with Gasteiger partial charge < -0.3 is 50.7 Å². The summed E-state index contributed by atoms with van der Waals surface area (Å²) in [5, 5.41) is 53.5. The van der Waals surface area contributed by atoms with E-state index in [0.717, 1.165) is 18.2 Å². The number of phenolic OH excluding ortho intramolecular Hbond substituents is 2. The largest absolute Gasteiger partial charge is 0.508 e. The van der Waals surface area contributed by atoms with Crippen LogP contribution in [0.4, 0.5) is 0 Å². The lowest BCUT2D eigenvalue weighted by Gasteiger charge is -2.44. The highest BCUT2D eigenvalue weighted by molar-refractivity contribution is 5.92. The Labute approximate surface area is 319 Å². The maximum Gasteiger partial charge on any atom is 0.333 e. The van der Waals surface area contributed by atoms with E-state index in [1.54, 1.807) is 44.2 Å². The molecule has 0 aliphatic carbocycles. The molecule has 55 heavy (non-hydrogen) atoms. The van der Waals surface area contributed by atoms with Crippen LogP contribution in [-0.2, 0) is 22.6 Å². The van der Waals surface area contributed by atoms with Gasteiger partial charge in [-0.25, -0.2) is 4.79 Å². The number of dihydropyridines is 2. The number of aromatic hydroxyl groups is 2. The van der Waals surface area contributed by atoms with Gasteiger partial charge in [-0.15, -0.1) is 0 Å². The minimum atomic E-state index is -1.20. The van der Waals surface area contributed by atoms with Gasteiger partial charge in [0.25, 0.3) is 0 Å². The quantitative estimate of drug-likeness (QED) is 0.0910. The highest BCUT2D eigenvalue weighted by Crippen LogP contribution is 2.54. The predicted octanol–water partition coefficient (Wildman–Crippen LogP) is 4.22. The van der Waals surface area contributed by atoms with E-state index in [1.165, 1.54) is 6.07 Å². The van der Waals surface area contributed by atoms with Gasteiger partial charge in [0.1, 0.15) is 52.3 Å². The summed E-state index contributed by atoms with van der Waals surface area (Å²) in [5.74, 6) is -2.07. The van der Waals surface area contributed by atoms with Crippen LogP contribution in [0.1, 0.15) is 74.8 Å². The SMILES string of the molecule is CC=C(C)C(=O)OC1Cc2c(c(C(C3=CCNC(N)=C3)C(CO)c3cccc(O)c3)c3oc(CO)cc(=O)c3c2O)OC1(C)CCC1=CNC(NCC)C=C1. The van der Waals surface area contributed by atoms with Crippen molar-refractivity contribution in [1.82, 2.24) is 16.0 Å². The van der Waals surface area contributed by atoms with Gasteiger partial charge >= 0.3 is 5.97 Å². The number of hydrogen-bond donors (Lipinski definition) is 8. The van der Waals surface area contributed by atoms with Gasteiger partial charge in [-0.05, 0) is 81.2 Å². The second-order valence-electron chi connectivity index (χ2n) is 14.3. The third-order valence-electron chi connectivity index (χ3n) is 10.7. The lowest BCUT2D eigenvalue weighted by Crippen LogP contribution is -2.51. The molecule has 0 radical (unpaired) electrons. The van der Waals surface area contributed by atoms with E-state index in [-0.39, 0.29) is 46.4 Å². The molecular weight excluding hydrogens is 704 g/mol. The number of ether oxygens (including phenoxy) is 2. The summed E-state index contributed by atoms with van der Waals surface area (Å²) in [7, 11) is 0. The van der Waals surface area contributed by atoms with Crippen molar-refractivity contribution in [3.05, 3.63) is 122 Å². The maximum atomic E-state index is 13.9. The molecule has 13 heteroatoms. The smallest absolute Gasteiger partial charge is 0.333 e. The van der Waals surface area contributed by atoms with Gasteiger partial charge in [-0.3, -0.25) is 10.1 Å². The number of rotatable bonds is 13. The molecule has 3 aliphatic heterocycles. The van der Waals surface area contributed by atoms with Crippen LogP contribution in [0.3, 0.4) is 0 Å². The van der Waals surface area contributed by atoms with Crippen molar-refractivity contribution in [1.29, 1.82) is 0 Å². The second kappa shape index (κ2) is 16.5. The van der Waals surface area contributed by atoms with Gasteiger partial charge in [0.15, 0.2) is 5.43 Å². The fourth-order valence-electron chi connectivity index (χ4n) is 7.53. The van der Waals surface area contributed by atoms with Gasteiger partial charge in [0.05, 0.1) is 18.6 Å². The average Bonchev–Trinajstić information content (AvgIpc) is 3.17. The number of benzene rings is 2. The van der Waals surface area contributed by atoms with E-state index < -0.39 is 53.9 Å². The molecule has 5 unspecified atom stereocenters. The van der Waals surface area contributed by atoms with E-state index in [0.29, 0.717) is 47.5 Å². The van der Waals surface area contributed by atoms with Crippen molar-refractivity contribution in [2.24, 2.45) is 5.73 Å². The molecule has 0 saturated heterocycles. The van der Waals surface area contributed by atoms with E-state index in [4.69, 9.17) is 19.6 Å². The van der Waals surface area contributed by atoms with Crippen molar-refractivity contribution < 1.29 is 39.1 Å². The van der Waals surface area contributed by atoms with Gasteiger partial charge in [-0.2, -0.15) is 0 Å². The molecule has 0 bridgehead atoms. The standard InChI is InChI=1S/C42H50N4O9/c1-5-23(3)41(52)54-32-19-29-38(51)36-31(50)18-28(21-47)53-40(36)37(39(29)55-42(32,4)14-12-24-10-11-34(44-6-2)46-20-24)35(26-13-15-45-33(43)17-26)30(22-48)25-8-7-9-27(49)16-25/h5,7-11,13,16-18,20,30,32,34-35,44-49,51H,6,12,14-15,19,21-22,43H2,1-4H3. The number of esters is 1. The van der Waals surface area contributed by atoms with Crippen LogP contribution in [0.5, 0.6) is 17.2 Å². The Morgan fingerprint density at radius 3 is 2.69 bits per heavy atom. The van der Waals surface area contributed by atoms with Crippen molar-refractivity contribution >= 4 is 16.9 Å². The third kappa shape index (κ3) is 8.00. The van der Waals surface area contributed by atoms with Crippen LogP contribution in [0.2, 0.25) is 0 Å². The number of aliphatic hydroxyl groups is 2. The van der Waals surface area contributed by atoms with E-state index >= 15 is 0 Å². The average molecular weight is 755 g/mol. The first-order valence-electron chi connectivity index (χ1n) is 18.6. The Hall–Kier alpha value is -5.50. The number of nitrogens with two attached hydrogens (primary N) is 1. The summed E-state index contributed by atoms with van der Waals surface area (Å²) < 4.78 is 19.5. The van der Waals surface area contributed by atoms with Gasteiger partial charge in [0, 0.05) is 53.8 Å². The van der Waals surface area contributed by atoms with Crippen LogP contribution < -0.4 is 31.8 Å². The zero-order chi connectivity index (χ0) is 39.4. The summed E-state index contributed by atoms with van der Waals surface area (Å²) in [4.78, 5) is 27.2. The van der Waals surface area contributed by atoms with Crippen LogP contribution >= 0.6 is 0 Å². The lowest BCUT2D eigenvalue weighted by atomic mass is 9.73. The van der Waals surface area contributed by atoms with Gasteiger partial charge in [0.2, 0.25) is 0 Å². The first kappa shape index (κ1) is 39.2. The maximum absolute atomic E-state index is 13.9. The Kier molecular flexibility index (Phi) is 11.7. The van der Waals surface area contributed by atoms with Crippen molar-refractivity contribution in [3.8, 4) is 17.2 Å². The van der Waals surface area contributed by atoms with E-state index in [2.05, 4.69) is 16.0 Å². The number of aliphatic hydroxyl groups excluding tert-OH is 2. The molecule has 5 atom stereocenters.